The van der Waals surface area contributed by atoms with E-state index in [1.165, 1.54) is 4.57 Å². The predicted molar refractivity (Wildman–Crippen MR) is 70.5 cm³/mol. The Kier molecular flexibility index (Phi) is 5.99. The first kappa shape index (κ1) is 14.3. The summed E-state index contributed by atoms with van der Waals surface area (Å²) in [6.45, 7) is 4.89. The Hall–Kier alpha value is -1.76. The first-order valence-electron chi connectivity index (χ1n) is 6.41. The van der Waals surface area contributed by atoms with Crippen LogP contribution in [0.3, 0.4) is 0 Å². The molecule has 0 aliphatic carbocycles. The molecule has 4 heteroatoms. The van der Waals surface area contributed by atoms with Crippen molar-refractivity contribution in [2.24, 2.45) is 5.92 Å². The molecule has 0 saturated heterocycles. The van der Waals surface area contributed by atoms with Crippen LogP contribution in [-0.2, 0) is 6.54 Å². The summed E-state index contributed by atoms with van der Waals surface area (Å²) in [5.74, 6) is 0.191. The fourth-order valence-corrected chi connectivity index (χ4v) is 1.64. The van der Waals surface area contributed by atoms with E-state index in [1.54, 1.807) is 25.3 Å². The van der Waals surface area contributed by atoms with Crippen LogP contribution < -0.4 is 10.3 Å². The van der Waals surface area contributed by atoms with E-state index in [0.29, 0.717) is 18.9 Å². The smallest absolute Gasteiger partial charge is 0.292 e. The monoisotopic (exact) mass is 248 g/mol. The normalized spacial score (nSPS) is 11.8. The van der Waals surface area contributed by atoms with Gasteiger partial charge in [-0.05, 0) is 25.5 Å². The molecule has 1 unspecified atom stereocenters. The number of hydrogen-bond donors (Lipinski definition) is 0. The molecular formula is C14H20N2O2. The molecule has 4 nitrogen and oxygen atoms in total. The number of nitriles is 1. The number of nitrogens with zero attached hydrogens (tertiary/aromatic N) is 2. The highest BCUT2D eigenvalue weighted by Crippen LogP contribution is 2.05. The van der Waals surface area contributed by atoms with Gasteiger partial charge in [-0.2, -0.15) is 5.26 Å². The Balaban J connectivity index is 2.67. The van der Waals surface area contributed by atoms with Crippen molar-refractivity contribution in [3.63, 3.8) is 0 Å². The second-order valence-corrected chi connectivity index (χ2v) is 4.42. The lowest BCUT2D eigenvalue weighted by Gasteiger charge is -2.10. The summed E-state index contributed by atoms with van der Waals surface area (Å²) in [5.41, 5.74) is -0.156. The zero-order chi connectivity index (χ0) is 13.4. The Bertz CT molecular complexity index is 460. The van der Waals surface area contributed by atoms with E-state index in [9.17, 15) is 4.79 Å². The van der Waals surface area contributed by atoms with Crippen molar-refractivity contribution < 1.29 is 4.74 Å². The van der Waals surface area contributed by atoms with Gasteiger partial charge in [-0.25, -0.2) is 0 Å². The Morgan fingerprint density at radius 1 is 1.50 bits per heavy atom. The van der Waals surface area contributed by atoms with Crippen LogP contribution >= 0.6 is 0 Å². The lowest BCUT2D eigenvalue weighted by atomic mass is 10.2. The van der Waals surface area contributed by atoms with Gasteiger partial charge in [-0.15, -0.1) is 0 Å². The third-order valence-electron chi connectivity index (χ3n) is 2.68. The fourth-order valence-electron chi connectivity index (χ4n) is 1.64. The summed E-state index contributed by atoms with van der Waals surface area (Å²) >= 11 is 0. The third-order valence-corrected chi connectivity index (χ3v) is 2.68. The third kappa shape index (κ3) is 4.25. The van der Waals surface area contributed by atoms with E-state index in [0.717, 1.165) is 19.3 Å². The van der Waals surface area contributed by atoms with E-state index in [2.05, 4.69) is 13.0 Å². The fraction of sp³-hybridized carbons (Fsp3) is 0.571. The lowest BCUT2D eigenvalue weighted by molar-refractivity contribution is 0.299. The van der Waals surface area contributed by atoms with Crippen LogP contribution in [0.25, 0.3) is 0 Å². The molecule has 18 heavy (non-hydrogen) atoms. The second-order valence-electron chi connectivity index (χ2n) is 4.42. The summed E-state index contributed by atoms with van der Waals surface area (Å²) in [4.78, 5) is 12.0. The molecule has 0 N–H and O–H groups in total. The van der Waals surface area contributed by atoms with Crippen LogP contribution in [-0.4, -0.2) is 11.2 Å². The van der Waals surface area contributed by atoms with E-state index in [4.69, 9.17) is 10.00 Å². The van der Waals surface area contributed by atoms with Crippen LogP contribution in [0.15, 0.2) is 23.1 Å². The molecule has 0 saturated carbocycles. The maximum atomic E-state index is 12.0. The van der Waals surface area contributed by atoms with Gasteiger partial charge in [-0.1, -0.05) is 19.8 Å². The van der Waals surface area contributed by atoms with Gasteiger partial charge >= 0.3 is 0 Å². The van der Waals surface area contributed by atoms with E-state index >= 15 is 0 Å². The highest BCUT2D eigenvalue weighted by molar-refractivity contribution is 5.17. The van der Waals surface area contributed by atoms with E-state index < -0.39 is 0 Å². The molecule has 0 amide bonds. The first-order chi connectivity index (χ1) is 8.69. The van der Waals surface area contributed by atoms with Crippen molar-refractivity contribution >= 4 is 0 Å². The average molecular weight is 248 g/mol. The van der Waals surface area contributed by atoms with Gasteiger partial charge in [0.2, 0.25) is 0 Å². The van der Waals surface area contributed by atoms with Crippen molar-refractivity contribution in [3.8, 4) is 11.8 Å². The number of rotatable bonds is 7. The van der Waals surface area contributed by atoms with Crippen LogP contribution in [0, 0.1) is 17.2 Å². The van der Waals surface area contributed by atoms with Gasteiger partial charge < -0.3 is 9.30 Å². The summed E-state index contributed by atoms with van der Waals surface area (Å²) in [5, 5.41) is 8.76. The largest absolute Gasteiger partial charge is 0.488 e. The average Bonchev–Trinajstić information content (AvgIpc) is 2.38. The summed E-state index contributed by atoms with van der Waals surface area (Å²) in [7, 11) is 0. The molecule has 1 atom stereocenters. The molecule has 0 radical (unpaired) electrons. The van der Waals surface area contributed by atoms with E-state index in [1.807, 2.05) is 0 Å². The highest BCUT2D eigenvalue weighted by Gasteiger charge is 2.07. The quantitative estimate of drug-likeness (QED) is 0.697. The zero-order valence-corrected chi connectivity index (χ0v) is 11.1. The number of aromatic nitrogens is 1. The summed E-state index contributed by atoms with van der Waals surface area (Å²) < 4.78 is 7.01. The Morgan fingerprint density at radius 2 is 2.28 bits per heavy atom. The zero-order valence-electron chi connectivity index (χ0n) is 11.1. The van der Waals surface area contributed by atoms with Gasteiger partial charge in [0.05, 0.1) is 18.6 Å². The topological polar surface area (TPSA) is 55.0 Å². The molecule has 0 aliphatic heterocycles. The minimum atomic E-state index is -0.182. The molecule has 0 spiro atoms. The Morgan fingerprint density at radius 3 is 2.94 bits per heavy atom. The van der Waals surface area contributed by atoms with Crippen molar-refractivity contribution in [1.29, 1.82) is 5.26 Å². The molecular weight excluding hydrogens is 228 g/mol. The minimum Gasteiger partial charge on any atom is -0.488 e. The van der Waals surface area contributed by atoms with Crippen LogP contribution in [0.4, 0.5) is 0 Å². The predicted octanol–water partition coefficient (Wildman–Crippen LogP) is 2.58. The Labute approximate surface area is 108 Å². The molecule has 0 bridgehead atoms. The van der Waals surface area contributed by atoms with Gasteiger partial charge in [0.1, 0.15) is 0 Å². The van der Waals surface area contributed by atoms with Crippen molar-refractivity contribution in [2.45, 2.75) is 39.7 Å². The maximum absolute atomic E-state index is 12.0. The summed E-state index contributed by atoms with van der Waals surface area (Å²) in [6.07, 6.45) is 4.88. The number of ether oxygens (including phenoxy) is 1. The van der Waals surface area contributed by atoms with Gasteiger partial charge in [0.25, 0.3) is 5.56 Å². The van der Waals surface area contributed by atoms with Gasteiger partial charge in [0, 0.05) is 12.7 Å². The van der Waals surface area contributed by atoms with E-state index in [-0.39, 0.29) is 11.5 Å². The van der Waals surface area contributed by atoms with Crippen molar-refractivity contribution in [1.82, 2.24) is 4.57 Å². The molecule has 1 aromatic heterocycles. The maximum Gasteiger partial charge on any atom is 0.292 e. The highest BCUT2D eigenvalue weighted by atomic mass is 16.5. The van der Waals surface area contributed by atoms with Crippen LogP contribution in [0.1, 0.15) is 33.1 Å². The molecule has 0 aliphatic rings. The molecule has 1 rings (SSSR count). The molecule has 1 aromatic rings. The van der Waals surface area contributed by atoms with Gasteiger partial charge in [-0.3, -0.25) is 4.79 Å². The van der Waals surface area contributed by atoms with Crippen molar-refractivity contribution in [2.75, 3.05) is 6.61 Å². The molecule has 98 valence electrons. The number of unbranched alkanes of at least 4 members (excludes halogenated alkanes) is 2. The number of hydrogen-bond acceptors (Lipinski definition) is 3. The van der Waals surface area contributed by atoms with Crippen LogP contribution in [0.2, 0.25) is 0 Å². The van der Waals surface area contributed by atoms with Gasteiger partial charge in [0.15, 0.2) is 5.75 Å². The van der Waals surface area contributed by atoms with Crippen LogP contribution in [0.5, 0.6) is 5.75 Å². The minimum absolute atomic E-state index is 0.156. The SMILES string of the molecule is CCCCCOc1cccn(CC(C)C#N)c1=O. The van der Waals surface area contributed by atoms with Crippen molar-refractivity contribution in [3.05, 3.63) is 28.7 Å². The molecule has 1 heterocycles. The number of pyridine rings is 1. The lowest BCUT2D eigenvalue weighted by Crippen LogP contribution is -2.23. The standard InChI is InChI=1S/C14H20N2O2/c1-3-4-5-9-18-13-7-6-8-16(14(13)17)11-12(2)10-15/h6-8,12H,3-5,9,11H2,1-2H3. The molecule has 0 aromatic carbocycles. The summed E-state index contributed by atoms with van der Waals surface area (Å²) in [6, 6.07) is 5.58. The second kappa shape index (κ2) is 7.54. The molecule has 0 fully saturated rings. The first-order valence-corrected chi connectivity index (χ1v) is 6.41.